The van der Waals surface area contributed by atoms with Crippen molar-refractivity contribution in [3.05, 3.63) is 48.6 Å². The molecule has 0 amide bonds. The van der Waals surface area contributed by atoms with Crippen LogP contribution in [-0.4, -0.2) is 58.8 Å². The van der Waals surface area contributed by atoms with Gasteiger partial charge < -0.3 is 29.9 Å². The van der Waals surface area contributed by atoms with Crippen LogP contribution in [0, 0.1) is 5.41 Å². The predicted octanol–water partition coefficient (Wildman–Crippen LogP) is 0.592. The number of rotatable bonds is 8. The van der Waals surface area contributed by atoms with Crippen molar-refractivity contribution in [2.45, 2.75) is 13.8 Å². The van der Waals surface area contributed by atoms with Gasteiger partial charge >= 0.3 is 11.9 Å². The molecule has 0 atom stereocenters. The van der Waals surface area contributed by atoms with Crippen LogP contribution in [-0.2, 0) is 9.59 Å². The molecule has 4 N–H and O–H groups in total. The molecule has 0 spiro atoms. The van der Waals surface area contributed by atoms with Crippen molar-refractivity contribution < 1.29 is 39.5 Å². The van der Waals surface area contributed by atoms with E-state index in [1.54, 1.807) is 13.8 Å². The molecule has 0 aliphatic heterocycles. The monoisotopic (exact) mass is 382 g/mol. The molecule has 0 saturated carbocycles. The first-order chi connectivity index (χ1) is 12.6. The molecule has 8 nitrogen and oxygen atoms in total. The third-order valence-electron chi connectivity index (χ3n) is 3.28. The molecule has 0 unspecified atom stereocenters. The topological polar surface area (TPSA) is 134 Å². The highest BCUT2D eigenvalue weighted by Crippen LogP contribution is 2.19. The van der Waals surface area contributed by atoms with Gasteiger partial charge in [0, 0.05) is 11.1 Å². The van der Waals surface area contributed by atoms with Gasteiger partial charge in [-0.05, 0) is 38.1 Å². The van der Waals surface area contributed by atoms with Crippen LogP contribution in [0.25, 0.3) is 0 Å². The fraction of sp³-hybridized carbons (Fsp3) is 0.368. The average molecular weight is 382 g/mol. The Morgan fingerprint density at radius 3 is 1.19 bits per heavy atom. The first-order valence-electron chi connectivity index (χ1n) is 7.93. The zero-order chi connectivity index (χ0) is 21.0. The lowest BCUT2D eigenvalue weighted by Crippen LogP contribution is -2.37. The summed E-state index contributed by atoms with van der Waals surface area (Å²) in [5.74, 6) is -0.278. The van der Waals surface area contributed by atoms with Crippen molar-refractivity contribution in [1.82, 2.24) is 0 Å². The number of benzene rings is 1. The van der Waals surface area contributed by atoms with Gasteiger partial charge in [0.25, 0.3) is 0 Å². The van der Waals surface area contributed by atoms with Crippen LogP contribution in [0.1, 0.15) is 13.8 Å². The van der Waals surface area contributed by atoms with Crippen molar-refractivity contribution in [3.63, 3.8) is 0 Å². The predicted molar refractivity (Wildman–Crippen MR) is 98.1 cm³/mol. The average Bonchev–Trinajstić information content (AvgIpc) is 2.66. The third kappa shape index (κ3) is 8.61. The highest BCUT2D eigenvalue weighted by atomic mass is 16.5. The minimum Gasteiger partial charge on any atom is -0.423 e. The summed E-state index contributed by atoms with van der Waals surface area (Å²) in [7, 11) is 0. The molecule has 0 heterocycles. The first kappa shape index (κ1) is 24.5. The highest BCUT2D eigenvalue weighted by molar-refractivity contribution is 5.89. The van der Waals surface area contributed by atoms with Crippen LogP contribution >= 0.6 is 0 Å². The van der Waals surface area contributed by atoms with Crippen molar-refractivity contribution in [2.24, 2.45) is 5.41 Å². The Labute approximate surface area is 158 Å². The number of carbonyl (C=O) groups is 2. The van der Waals surface area contributed by atoms with Gasteiger partial charge in [-0.2, -0.15) is 0 Å². The van der Waals surface area contributed by atoms with E-state index < -0.39 is 43.8 Å². The van der Waals surface area contributed by atoms with Gasteiger partial charge in [0.1, 0.15) is 11.5 Å². The molecule has 1 aromatic carbocycles. The van der Waals surface area contributed by atoms with E-state index in [4.69, 9.17) is 29.9 Å². The fourth-order valence-corrected chi connectivity index (χ4v) is 1.26. The standard InChI is InChI=1S/C14H14O4.C5H12O4/c1-9(2)13(15)17-11-5-7-12(8-6-11)18-14(16)10(3)4;6-1-5(2-7,3-8)4-9/h5-8H,1,3H2,2,4H3;6-9H,1-4H2. The summed E-state index contributed by atoms with van der Waals surface area (Å²) in [6.07, 6.45) is 0. The van der Waals surface area contributed by atoms with E-state index in [9.17, 15) is 9.59 Å². The maximum absolute atomic E-state index is 11.2. The SMILES string of the molecule is C=C(C)C(=O)Oc1ccc(OC(=O)C(=C)C)cc1.OCC(CO)(CO)CO. The lowest BCUT2D eigenvalue weighted by atomic mass is 9.93. The summed E-state index contributed by atoms with van der Waals surface area (Å²) in [5.41, 5.74) is -0.486. The van der Waals surface area contributed by atoms with Gasteiger partial charge in [-0.3, -0.25) is 0 Å². The van der Waals surface area contributed by atoms with Crippen molar-refractivity contribution in [2.75, 3.05) is 26.4 Å². The van der Waals surface area contributed by atoms with Crippen molar-refractivity contribution in [3.8, 4) is 11.5 Å². The lowest BCUT2D eigenvalue weighted by Gasteiger charge is -2.23. The summed E-state index contributed by atoms with van der Waals surface area (Å²) in [5, 5.41) is 34.0. The Morgan fingerprint density at radius 1 is 0.778 bits per heavy atom. The molecule has 1 rings (SSSR count). The Balaban J connectivity index is 0.000000636. The van der Waals surface area contributed by atoms with Gasteiger partial charge in [-0.15, -0.1) is 0 Å². The van der Waals surface area contributed by atoms with Crippen LogP contribution < -0.4 is 9.47 Å². The second-order valence-corrected chi connectivity index (χ2v) is 5.94. The molecular weight excluding hydrogens is 356 g/mol. The van der Waals surface area contributed by atoms with E-state index in [2.05, 4.69) is 13.2 Å². The van der Waals surface area contributed by atoms with E-state index in [0.717, 1.165) is 0 Å². The van der Waals surface area contributed by atoms with E-state index in [0.29, 0.717) is 22.6 Å². The Kier molecular flexibility index (Phi) is 10.9. The van der Waals surface area contributed by atoms with Gasteiger partial charge in [-0.1, -0.05) is 13.2 Å². The summed E-state index contributed by atoms with van der Waals surface area (Å²) in [6.45, 7) is 8.44. The molecule has 0 saturated heterocycles. The molecule has 8 heteroatoms. The molecular formula is C19H26O8. The van der Waals surface area contributed by atoms with E-state index >= 15 is 0 Å². The molecule has 0 bridgehead atoms. The van der Waals surface area contributed by atoms with Gasteiger partial charge in [0.2, 0.25) is 0 Å². The molecule has 0 radical (unpaired) electrons. The quantitative estimate of drug-likeness (QED) is 0.292. The minimum absolute atomic E-state index is 0.313. The molecule has 0 fully saturated rings. The molecule has 0 aliphatic carbocycles. The Bertz CT molecular complexity index is 580. The molecule has 27 heavy (non-hydrogen) atoms. The van der Waals surface area contributed by atoms with Crippen LogP contribution in [0.3, 0.4) is 0 Å². The van der Waals surface area contributed by atoms with Crippen LogP contribution in [0.4, 0.5) is 0 Å². The summed E-state index contributed by atoms with van der Waals surface area (Å²) < 4.78 is 9.97. The Hall–Kier alpha value is -2.52. The van der Waals surface area contributed by atoms with Crippen LogP contribution in [0.5, 0.6) is 11.5 Å². The van der Waals surface area contributed by atoms with Gasteiger partial charge in [-0.25, -0.2) is 9.59 Å². The molecule has 0 aromatic heterocycles. The number of esters is 2. The fourth-order valence-electron chi connectivity index (χ4n) is 1.26. The van der Waals surface area contributed by atoms with Gasteiger partial charge in [0.05, 0.1) is 31.8 Å². The number of hydrogen-bond acceptors (Lipinski definition) is 8. The molecule has 150 valence electrons. The largest absolute Gasteiger partial charge is 0.423 e. The number of aliphatic hydroxyl groups is 4. The smallest absolute Gasteiger partial charge is 0.338 e. The minimum atomic E-state index is -1.11. The van der Waals surface area contributed by atoms with E-state index in [1.165, 1.54) is 24.3 Å². The van der Waals surface area contributed by atoms with Crippen molar-refractivity contribution >= 4 is 11.9 Å². The number of ether oxygens (including phenoxy) is 2. The van der Waals surface area contributed by atoms with Gasteiger partial charge in [0.15, 0.2) is 0 Å². The number of hydrogen-bond donors (Lipinski definition) is 4. The van der Waals surface area contributed by atoms with Crippen LogP contribution in [0.2, 0.25) is 0 Å². The van der Waals surface area contributed by atoms with Crippen LogP contribution in [0.15, 0.2) is 48.6 Å². The molecule has 1 aromatic rings. The van der Waals surface area contributed by atoms with E-state index in [1.807, 2.05) is 0 Å². The zero-order valence-corrected chi connectivity index (χ0v) is 15.5. The first-order valence-corrected chi connectivity index (χ1v) is 7.93. The third-order valence-corrected chi connectivity index (χ3v) is 3.28. The maximum atomic E-state index is 11.2. The normalized spacial score (nSPS) is 10.3. The zero-order valence-electron chi connectivity index (χ0n) is 15.5. The molecule has 0 aliphatic rings. The Morgan fingerprint density at radius 2 is 1.04 bits per heavy atom. The second-order valence-electron chi connectivity index (χ2n) is 5.94. The van der Waals surface area contributed by atoms with E-state index in [-0.39, 0.29) is 0 Å². The second kappa shape index (κ2) is 12.0. The summed E-state index contributed by atoms with van der Waals surface area (Å²) in [4.78, 5) is 22.5. The summed E-state index contributed by atoms with van der Waals surface area (Å²) in [6, 6.07) is 6.12. The van der Waals surface area contributed by atoms with Crippen molar-refractivity contribution in [1.29, 1.82) is 0 Å². The highest BCUT2D eigenvalue weighted by Gasteiger charge is 2.26. The lowest BCUT2D eigenvalue weighted by molar-refractivity contribution is -0.131. The summed E-state index contributed by atoms with van der Waals surface area (Å²) >= 11 is 0. The maximum Gasteiger partial charge on any atom is 0.338 e. The number of aliphatic hydroxyl groups excluding tert-OH is 4. The number of carbonyl (C=O) groups excluding carboxylic acids is 2.